The lowest BCUT2D eigenvalue weighted by atomic mass is 9.61. The molecule has 0 nitrogen and oxygen atoms in total. The minimum Gasteiger partial charge on any atom is -0.166 e. The number of hydrogen-bond acceptors (Lipinski definition) is 0. The van der Waals surface area contributed by atoms with Gasteiger partial charge in [0.25, 0.3) is 0 Å². The van der Waals surface area contributed by atoms with Gasteiger partial charge in [0.1, 0.15) is 0 Å². The number of benzene rings is 4. The van der Waals surface area contributed by atoms with Crippen LogP contribution in [0.25, 0.3) is 10.8 Å². The number of alkyl halides is 6. The van der Waals surface area contributed by atoms with Gasteiger partial charge in [-0.25, -0.2) is 0 Å². The van der Waals surface area contributed by atoms with E-state index < -0.39 is 23.5 Å². The average molecular weight is 440 g/mol. The third-order valence-electron chi connectivity index (χ3n) is 6.65. The number of fused-ring (bicyclic) bond motifs is 1. The van der Waals surface area contributed by atoms with E-state index >= 15 is 0 Å². The highest BCUT2D eigenvalue weighted by atomic mass is 19.4. The number of halogens is 6. The molecule has 0 unspecified atom stereocenters. The fraction of sp³-hybridized carbons (Fsp3) is 0.154. The molecule has 0 spiro atoms. The molecule has 0 N–H and O–H groups in total. The minimum absolute atomic E-state index is 0.0478. The largest absolute Gasteiger partial charge is 0.417 e. The second-order valence-corrected chi connectivity index (χ2v) is 8.35. The van der Waals surface area contributed by atoms with Crippen LogP contribution in [0.2, 0.25) is 0 Å². The molecular weight excluding hydrogens is 426 g/mol. The van der Waals surface area contributed by atoms with Crippen molar-refractivity contribution in [1.29, 1.82) is 0 Å². The Morgan fingerprint density at radius 2 is 0.969 bits per heavy atom. The van der Waals surface area contributed by atoms with Crippen molar-refractivity contribution in [1.82, 2.24) is 0 Å². The van der Waals surface area contributed by atoms with Crippen LogP contribution in [-0.2, 0) is 12.4 Å². The van der Waals surface area contributed by atoms with Gasteiger partial charge in [-0.05, 0) is 68.4 Å². The van der Waals surface area contributed by atoms with Crippen LogP contribution in [0.1, 0.15) is 56.3 Å². The first-order valence-electron chi connectivity index (χ1n) is 10.1. The monoisotopic (exact) mass is 440 g/mol. The highest BCUT2D eigenvalue weighted by Gasteiger charge is 2.43. The van der Waals surface area contributed by atoms with Crippen LogP contribution >= 0.6 is 0 Å². The van der Waals surface area contributed by atoms with Gasteiger partial charge in [0, 0.05) is 11.8 Å². The van der Waals surface area contributed by atoms with Crippen LogP contribution in [0.15, 0.2) is 72.8 Å². The van der Waals surface area contributed by atoms with Crippen molar-refractivity contribution in [2.45, 2.75) is 24.2 Å². The van der Waals surface area contributed by atoms with Crippen molar-refractivity contribution >= 4 is 10.8 Å². The molecule has 0 amide bonds. The van der Waals surface area contributed by atoms with Crippen molar-refractivity contribution < 1.29 is 26.3 Å². The molecule has 4 aromatic rings. The van der Waals surface area contributed by atoms with Crippen LogP contribution < -0.4 is 0 Å². The summed E-state index contributed by atoms with van der Waals surface area (Å²) in [5, 5.41) is -0.250. The molecule has 0 saturated heterocycles. The smallest absolute Gasteiger partial charge is 0.166 e. The van der Waals surface area contributed by atoms with E-state index in [0.717, 1.165) is 39.4 Å². The molecule has 0 radical (unpaired) electrons. The molecule has 7 rings (SSSR count). The Morgan fingerprint density at radius 1 is 0.500 bits per heavy atom. The molecule has 3 aliphatic rings. The maximum Gasteiger partial charge on any atom is 0.417 e. The summed E-state index contributed by atoms with van der Waals surface area (Å²) in [7, 11) is 0. The second kappa shape index (κ2) is 6.15. The third kappa shape index (κ3) is 2.58. The molecule has 32 heavy (non-hydrogen) atoms. The predicted molar refractivity (Wildman–Crippen MR) is 109 cm³/mol. The zero-order valence-electron chi connectivity index (χ0n) is 16.4. The molecule has 0 saturated carbocycles. The van der Waals surface area contributed by atoms with Gasteiger partial charge < -0.3 is 0 Å². The Bertz CT molecular complexity index is 1360. The van der Waals surface area contributed by atoms with Gasteiger partial charge in [-0.15, -0.1) is 0 Å². The van der Waals surface area contributed by atoms with Gasteiger partial charge in [-0.2, -0.15) is 26.3 Å². The van der Waals surface area contributed by atoms with Crippen LogP contribution in [0.5, 0.6) is 0 Å². The van der Waals surface area contributed by atoms with E-state index in [1.165, 1.54) is 12.1 Å². The van der Waals surface area contributed by atoms with Gasteiger partial charge in [0.2, 0.25) is 0 Å². The van der Waals surface area contributed by atoms with Crippen LogP contribution in [0, 0.1) is 0 Å². The van der Waals surface area contributed by atoms with E-state index in [-0.39, 0.29) is 28.7 Å². The molecule has 6 heteroatoms. The lowest BCUT2D eigenvalue weighted by molar-refractivity contribution is -0.142. The van der Waals surface area contributed by atoms with E-state index in [2.05, 4.69) is 0 Å². The van der Waals surface area contributed by atoms with Gasteiger partial charge in [-0.1, -0.05) is 48.5 Å². The fourth-order valence-corrected chi connectivity index (χ4v) is 5.42. The maximum absolute atomic E-state index is 13.8. The van der Waals surface area contributed by atoms with Gasteiger partial charge in [0.15, 0.2) is 0 Å². The van der Waals surface area contributed by atoms with E-state index in [1.807, 2.05) is 48.5 Å². The molecule has 0 aliphatic heterocycles. The molecule has 4 aromatic carbocycles. The van der Waals surface area contributed by atoms with Crippen molar-refractivity contribution in [2.24, 2.45) is 0 Å². The van der Waals surface area contributed by atoms with Crippen molar-refractivity contribution in [3.63, 3.8) is 0 Å². The Morgan fingerprint density at radius 3 is 1.41 bits per heavy atom. The molecule has 0 atom stereocenters. The normalized spacial score (nSPS) is 18.9. The molecule has 2 bridgehead atoms. The SMILES string of the molecule is FC(F)(F)c1cc(C(F)(F)F)c2cc3c(cc2c1)C1c2ccccc2C3c2ccccc21. The Labute approximate surface area is 179 Å². The predicted octanol–water partition coefficient (Wildman–Crippen LogP) is 7.86. The van der Waals surface area contributed by atoms with E-state index in [9.17, 15) is 26.3 Å². The molecule has 3 aliphatic carbocycles. The third-order valence-corrected chi connectivity index (χ3v) is 6.65. The molecule has 0 fully saturated rings. The molecule has 0 aromatic heterocycles. The summed E-state index contributed by atoms with van der Waals surface area (Å²) in [4.78, 5) is 0. The minimum atomic E-state index is -4.91. The average Bonchev–Trinajstić information content (AvgIpc) is 2.75. The van der Waals surface area contributed by atoms with Crippen molar-refractivity contribution in [3.8, 4) is 0 Å². The zero-order valence-corrected chi connectivity index (χ0v) is 16.4. The summed E-state index contributed by atoms with van der Waals surface area (Å²) in [6.45, 7) is 0. The summed E-state index contributed by atoms with van der Waals surface area (Å²) >= 11 is 0. The van der Waals surface area contributed by atoms with Gasteiger partial charge in [0.05, 0.1) is 11.1 Å². The summed E-state index contributed by atoms with van der Waals surface area (Å²) in [5.74, 6) is -0.481. The van der Waals surface area contributed by atoms with Crippen LogP contribution in [0.4, 0.5) is 26.3 Å². The van der Waals surface area contributed by atoms with Crippen molar-refractivity contribution in [2.75, 3.05) is 0 Å². The Kier molecular flexibility index (Phi) is 3.73. The summed E-state index contributed by atoms with van der Waals surface area (Å²) in [5.41, 5.74) is 3.11. The first-order chi connectivity index (χ1) is 15.1. The van der Waals surface area contributed by atoms with Gasteiger partial charge >= 0.3 is 12.4 Å². The highest BCUT2D eigenvalue weighted by molar-refractivity contribution is 5.90. The van der Waals surface area contributed by atoms with E-state index in [4.69, 9.17) is 0 Å². The lowest BCUT2D eigenvalue weighted by Crippen LogP contribution is -2.27. The summed E-state index contributed by atoms with van der Waals surface area (Å²) in [6, 6.07) is 19.6. The lowest BCUT2D eigenvalue weighted by Gasteiger charge is -2.42. The Hall–Kier alpha value is -3.28. The molecule has 160 valence electrons. The molecular formula is C26H14F6. The first kappa shape index (κ1) is 19.4. The maximum atomic E-state index is 13.8. The topological polar surface area (TPSA) is 0 Å². The fourth-order valence-electron chi connectivity index (χ4n) is 5.42. The number of rotatable bonds is 0. The molecule has 0 heterocycles. The van der Waals surface area contributed by atoms with Gasteiger partial charge in [-0.3, -0.25) is 0 Å². The van der Waals surface area contributed by atoms with E-state index in [0.29, 0.717) is 0 Å². The van der Waals surface area contributed by atoms with Crippen molar-refractivity contribution in [3.05, 3.63) is 117 Å². The quantitative estimate of drug-likeness (QED) is 0.211. The second-order valence-electron chi connectivity index (χ2n) is 8.35. The summed E-state index contributed by atoms with van der Waals surface area (Å²) < 4.78 is 81.6. The van der Waals surface area contributed by atoms with Crippen LogP contribution in [-0.4, -0.2) is 0 Å². The van der Waals surface area contributed by atoms with Crippen LogP contribution in [0.3, 0.4) is 0 Å². The number of hydrogen-bond donors (Lipinski definition) is 0. The highest BCUT2D eigenvalue weighted by Crippen LogP contribution is 2.56. The first-order valence-corrected chi connectivity index (χ1v) is 10.1. The van der Waals surface area contributed by atoms with E-state index in [1.54, 1.807) is 0 Å². The zero-order chi connectivity index (χ0) is 22.4. The Balaban J connectivity index is 1.71. The standard InChI is InChI=1S/C26H14F6/c27-25(28,29)14-9-13-10-20-21(12-19(13)22(11-14)26(30,31)32)24-17-7-3-1-5-15(17)23(20)16-6-2-4-8-18(16)24/h1-12,23-24H. The summed E-state index contributed by atoms with van der Waals surface area (Å²) in [6.07, 6.45) is -9.78.